The molecule has 1 saturated heterocycles. The molecule has 44 heavy (non-hydrogen) atoms. The second kappa shape index (κ2) is 12.9. The van der Waals surface area contributed by atoms with Crippen LogP contribution in [0.25, 0.3) is 17.1 Å². The monoisotopic (exact) mass is 637 g/mol. The zero-order valence-electron chi connectivity index (χ0n) is 24.5. The molecule has 3 aromatic carbocycles. The number of hydrogen-bond donors (Lipinski definition) is 0. The van der Waals surface area contributed by atoms with Crippen LogP contribution in [0.3, 0.4) is 0 Å². The molecule has 1 aromatic heterocycles. The molecule has 1 atom stereocenters. The van der Waals surface area contributed by atoms with Crippen molar-refractivity contribution in [2.24, 2.45) is 4.99 Å². The van der Waals surface area contributed by atoms with Gasteiger partial charge < -0.3 is 4.74 Å². The van der Waals surface area contributed by atoms with E-state index in [-0.39, 0.29) is 23.5 Å². The van der Waals surface area contributed by atoms with E-state index >= 15 is 0 Å². The lowest BCUT2D eigenvalue weighted by atomic mass is 9.96. The quantitative estimate of drug-likeness (QED) is 0.181. The molecule has 1 aliphatic heterocycles. The summed E-state index contributed by atoms with van der Waals surface area (Å²) in [7, 11) is 0. The van der Waals surface area contributed by atoms with Gasteiger partial charge in [0.25, 0.3) is 0 Å². The van der Waals surface area contributed by atoms with E-state index in [0.717, 1.165) is 27.9 Å². The van der Waals surface area contributed by atoms with E-state index in [9.17, 15) is 18.0 Å². The first-order chi connectivity index (χ1) is 20.9. The largest absolute Gasteiger partial charge is 0.573 e. The number of anilines is 1. The number of carbonyl (C=O) groups is 1. The van der Waals surface area contributed by atoms with Crippen molar-refractivity contribution in [3.05, 3.63) is 89.7 Å². The Labute approximate surface area is 263 Å². The topological polar surface area (TPSA) is 72.6 Å². The molecule has 0 aliphatic carbocycles. The lowest BCUT2D eigenvalue weighted by Gasteiger charge is -2.22. The van der Waals surface area contributed by atoms with E-state index in [4.69, 9.17) is 17.2 Å². The number of hydrogen-bond acceptors (Lipinski definition) is 6. The summed E-state index contributed by atoms with van der Waals surface area (Å²) < 4.78 is 42.7. The Morgan fingerprint density at radius 3 is 2.43 bits per heavy atom. The fourth-order valence-electron chi connectivity index (χ4n) is 4.83. The van der Waals surface area contributed by atoms with E-state index in [1.807, 2.05) is 37.3 Å². The second-order valence-corrected chi connectivity index (χ2v) is 12.2. The minimum Gasteiger partial charge on any atom is -0.406 e. The van der Waals surface area contributed by atoms with Gasteiger partial charge in [0, 0.05) is 12.0 Å². The van der Waals surface area contributed by atoms with Gasteiger partial charge in [-0.1, -0.05) is 81.1 Å². The van der Waals surface area contributed by atoms with Crippen molar-refractivity contribution in [3.63, 3.8) is 0 Å². The van der Waals surface area contributed by atoms with Gasteiger partial charge in [-0.3, -0.25) is 9.69 Å². The SMILES string of the molecule is Cc1ccc(C(C)C)c(N2C(=O)CSC2=NC(=S)CC(C)c2ccc(-c3ncn(-c4ccc(OC(F)(F)F)cc4)n3)cc2)c1. The summed E-state index contributed by atoms with van der Waals surface area (Å²) in [5.74, 6) is 0.808. The molecule has 1 unspecified atom stereocenters. The summed E-state index contributed by atoms with van der Waals surface area (Å²) in [6, 6.07) is 19.4. The summed E-state index contributed by atoms with van der Waals surface area (Å²) in [5, 5.41) is 5.08. The highest BCUT2D eigenvalue weighted by Crippen LogP contribution is 2.35. The Morgan fingerprint density at radius 1 is 1.07 bits per heavy atom. The van der Waals surface area contributed by atoms with Crippen molar-refractivity contribution in [1.82, 2.24) is 14.8 Å². The number of rotatable bonds is 8. The van der Waals surface area contributed by atoms with Crippen molar-refractivity contribution in [1.29, 1.82) is 0 Å². The van der Waals surface area contributed by atoms with Gasteiger partial charge in [-0.25, -0.2) is 14.7 Å². The van der Waals surface area contributed by atoms with Gasteiger partial charge in [-0.2, -0.15) is 0 Å². The van der Waals surface area contributed by atoms with Crippen LogP contribution in [0.2, 0.25) is 0 Å². The Hall–Kier alpha value is -4.03. The summed E-state index contributed by atoms with van der Waals surface area (Å²) >= 11 is 7.08. The molecule has 0 N–H and O–H groups in total. The average molecular weight is 638 g/mol. The van der Waals surface area contributed by atoms with E-state index in [2.05, 4.69) is 47.7 Å². The Balaban J connectivity index is 1.25. The van der Waals surface area contributed by atoms with Crippen molar-refractivity contribution < 1.29 is 22.7 Å². The summed E-state index contributed by atoms with van der Waals surface area (Å²) in [4.78, 5) is 24.2. The number of aromatic nitrogens is 3. The first-order valence-corrected chi connectivity index (χ1v) is 15.3. The average Bonchev–Trinajstić information content (AvgIpc) is 3.59. The van der Waals surface area contributed by atoms with Gasteiger partial charge >= 0.3 is 6.36 Å². The Kier molecular flexibility index (Phi) is 9.21. The minimum atomic E-state index is -4.75. The molecule has 7 nitrogen and oxygen atoms in total. The maximum absolute atomic E-state index is 12.9. The molecule has 0 spiro atoms. The van der Waals surface area contributed by atoms with Crippen LogP contribution in [0.1, 0.15) is 55.7 Å². The van der Waals surface area contributed by atoms with Crippen LogP contribution in [0.15, 0.2) is 78.0 Å². The molecule has 228 valence electrons. The van der Waals surface area contributed by atoms with Crippen molar-refractivity contribution in [2.75, 3.05) is 10.7 Å². The van der Waals surface area contributed by atoms with Gasteiger partial charge in [0.05, 0.1) is 17.1 Å². The number of ether oxygens (including phenoxy) is 1. The minimum absolute atomic E-state index is 0.00350. The van der Waals surface area contributed by atoms with Crippen molar-refractivity contribution >= 4 is 45.7 Å². The highest BCUT2D eigenvalue weighted by molar-refractivity contribution is 8.15. The van der Waals surface area contributed by atoms with Gasteiger partial charge in [0.15, 0.2) is 11.0 Å². The molecule has 12 heteroatoms. The molecule has 0 bridgehead atoms. The van der Waals surface area contributed by atoms with E-state index < -0.39 is 6.36 Å². The van der Waals surface area contributed by atoms with E-state index in [1.54, 1.807) is 4.90 Å². The summed E-state index contributed by atoms with van der Waals surface area (Å²) in [6.45, 7) is 8.30. The summed E-state index contributed by atoms with van der Waals surface area (Å²) in [6.07, 6.45) is -2.72. The van der Waals surface area contributed by atoms with Crippen LogP contribution in [-0.4, -0.2) is 42.9 Å². The number of amides is 1. The summed E-state index contributed by atoms with van der Waals surface area (Å²) in [5.41, 5.74) is 5.42. The highest BCUT2D eigenvalue weighted by Gasteiger charge is 2.32. The van der Waals surface area contributed by atoms with Gasteiger partial charge in [0.2, 0.25) is 5.91 Å². The molecular weight excluding hydrogens is 608 g/mol. The third-order valence-corrected chi connectivity index (χ3v) is 8.26. The number of halogens is 3. The number of thioether (sulfide) groups is 1. The third-order valence-electron chi connectivity index (χ3n) is 7.08. The Bertz CT molecular complexity index is 1700. The number of carbonyl (C=O) groups excluding carboxylic acids is 1. The number of alkyl halides is 3. The number of nitrogens with zero attached hydrogens (tertiary/aromatic N) is 5. The van der Waals surface area contributed by atoms with Crippen LogP contribution in [0.4, 0.5) is 18.9 Å². The van der Waals surface area contributed by atoms with E-state index in [0.29, 0.717) is 33.8 Å². The molecule has 1 fully saturated rings. The first kappa shape index (κ1) is 31.4. The maximum Gasteiger partial charge on any atom is 0.573 e. The molecular formula is C32H30F3N5O2S2. The number of benzene rings is 3. The zero-order chi connectivity index (χ0) is 31.6. The van der Waals surface area contributed by atoms with Crippen LogP contribution in [0.5, 0.6) is 5.75 Å². The lowest BCUT2D eigenvalue weighted by molar-refractivity contribution is -0.274. The predicted molar refractivity (Wildman–Crippen MR) is 172 cm³/mol. The number of thiocarbonyl (C=S) groups is 1. The zero-order valence-corrected chi connectivity index (χ0v) is 26.1. The van der Waals surface area contributed by atoms with Crippen LogP contribution in [0, 0.1) is 6.92 Å². The van der Waals surface area contributed by atoms with Crippen molar-refractivity contribution in [3.8, 4) is 22.8 Å². The van der Waals surface area contributed by atoms with Gasteiger partial charge in [0.1, 0.15) is 17.1 Å². The number of amidine groups is 1. The highest BCUT2D eigenvalue weighted by atomic mass is 32.2. The normalized spacial score (nSPS) is 15.3. The van der Waals surface area contributed by atoms with Crippen molar-refractivity contribution in [2.45, 2.75) is 52.3 Å². The van der Waals surface area contributed by atoms with Gasteiger partial charge in [-0.05, 0) is 65.8 Å². The fraction of sp³-hybridized carbons (Fsp3) is 0.281. The first-order valence-electron chi connectivity index (χ1n) is 13.9. The smallest absolute Gasteiger partial charge is 0.406 e. The molecule has 1 aliphatic rings. The molecule has 1 amide bonds. The third kappa shape index (κ3) is 7.36. The standard InChI is InChI=1S/C32H30F3N5O2S2/c1-19(2)26-14-5-20(3)15-27(26)40-29(41)17-44-31(40)37-28(43)16-21(4)22-6-8-23(9-7-22)30-36-18-39(38-30)24-10-12-25(13-11-24)42-32(33,34)35/h5-15,18-19,21H,16-17H2,1-4H3. The molecule has 0 saturated carbocycles. The molecule has 5 rings (SSSR count). The van der Waals surface area contributed by atoms with Crippen LogP contribution in [-0.2, 0) is 4.79 Å². The second-order valence-electron chi connectivity index (χ2n) is 10.8. The number of aryl methyl sites for hydroxylation is 1. The molecule has 0 radical (unpaired) electrons. The number of aliphatic imine (C=N–C) groups is 1. The Morgan fingerprint density at radius 2 is 1.77 bits per heavy atom. The maximum atomic E-state index is 12.9. The predicted octanol–water partition coefficient (Wildman–Crippen LogP) is 8.22. The lowest BCUT2D eigenvalue weighted by Crippen LogP contribution is -2.31. The fourth-order valence-corrected chi connectivity index (χ4v) is 6.11. The van der Waals surface area contributed by atoms with E-state index in [1.165, 1.54) is 47.0 Å². The van der Waals surface area contributed by atoms with Gasteiger partial charge in [-0.15, -0.1) is 18.3 Å². The molecule has 4 aromatic rings. The van der Waals surface area contributed by atoms with Crippen LogP contribution < -0.4 is 9.64 Å². The van der Waals surface area contributed by atoms with Crippen LogP contribution >= 0.6 is 24.0 Å². The molecule has 2 heterocycles.